The van der Waals surface area contributed by atoms with E-state index >= 15 is 0 Å². The SMILES string of the molecule is CC(C)(C)c1ncc(C(=O)N2CCC(Cc3ccccn3)CC2)s1. The van der Waals surface area contributed by atoms with Crippen LogP contribution in [0, 0.1) is 5.92 Å². The zero-order valence-corrected chi connectivity index (χ0v) is 15.5. The Balaban J connectivity index is 1.56. The molecule has 1 aliphatic heterocycles. The van der Waals surface area contributed by atoms with Crippen molar-refractivity contribution in [2.75, 3.05) is 13.1 Å². The summed E-state index contributed by atoms with van der Waals surface area (Å²) in [5, 5.41) is 1.02. The first kappa shape index (κ1) is 17.1. The van der Waals surface area contributed by atoms with Gasteiger partial charge in [-0.05, 0) is 37.3 Å². The van der Waals surface area contributed by atoms with Crippen LogP contribution in [-0.2, 0) is 11.8 Å². The molecule has 1 amide bonds. The molecule has 0 radical (unpaired) electrons. The maximum absolute atomic E-state index is 12.7. The van der Waals surface area contributed by atoms with Crippen LogP contribution in [-0.4, -0.2) is 33.9 Å². The lowest BCUT2D eigenvalue weighted by molar-refractivity contribution is 0.0695. The predicted octanol–water partition coefficient (Wildman–Crippen LogP) is 3.93. The van der Waals surface area contributed by atoms with E-state index in [2.05, 4.69) is 36.8 Å². The number of thiazole rings is 1. The summed E-state index contributed by atoms with van der Waals surface area (Å²) >= 11 is 1.53. The number of likely N-dealkylation sites (tertiary alicyclic amines) is 1. The van der Waals surface area contributed by atoms with Gasteiger partial charge in [0, 0.05) is 30.4 Å². The van der Waals surface area contributed by atoms with Gasteiger partial charge in [-0.2, -0.15) is 0 Å². The van der Waals surface area contributed by atoms with Crippen molar-refractivity contribution >= 4 is 17.2 Å². The van der Waals surface area contributed by atoms with E-state index < -0.39 is 0 Å². The smallest absolute Gasteiger partial charge is 0.265 e. The van der Waals surface area contributed by atoms with E-state index in [0.29, 0.717) is 5.92 Å². The molecule has 5 heteroatoms. The van der Waals surface area contributed by atoms with Gasteiger partial charge in [0.2, 0.25) is 0 Å². The van der Waals surface area contributed by atoms with Crippen molar-refractivity contribution < 1.29 is 4.79 Å². The average molecular weight is 343 g/mol. The number of amides is 1. The monoisotopic (exact) mass is 343 g/mol. The summed E-state index contributed by atoms with van der Waals surface area (Å²) in [6, 6.07) is 6.08. The topological polar surface area (TPSA) is 46.1 Å². The molecule has 0 unspecified atom stereocenters. The summed E-state index contributed by atoms with van der Waals surface area (Å²) in [7, 11) is 0. The molecule has 0 aromatic carbocycles. The lowest BCUT2D eigenvalue weighted by Crippen LogP contribution is -2.38. The summed E-state index contributed by atoms with van der Waals surface area (Å²) in [6.07, 6.45) is 6.70. The molecule has 0 aliphatic carbocycles. The fourth-order valence-electron chi connectivity index (χ4n) is 3.03. The van der Waals surface area contributed by atoms with Crippen molar-refractivity contribution in [3.8, 4) is 0 Å². The highest BCUT2D eigenvalue weighted by atomic mass is 32.1. The Hall–Kier alpha value is -1.75. The van der Waals surface area contributed by atoms with Crippen LogP contribution in [0.3, 0.4) is 0 Å². The van der Waals surface area contributed by atoms with E-state index in [-0.39, 0.29) is 11.3 Å². The number of rotatable bonds is 3. The Morgan fingerprint density at radius 1 is 1.25 bits per heavy atom. The zero-order valence-electron chi connectivity index (χ0n) is 14.7. The van der Waals surface area contributed by atoms with Crippen molar-refractivity contribution in [1.82, 2.24) is 14.9 Å². The molecule has 1 aliphatic rings. The van der Waals surface area contributed by atoms with Gasteiger partial charge in [-0.3, -0.25) is 9.78 Å². The maximum Gasteiger partial charge on any atom is 0.265 e. The third-order valence-corrected chi connectivity index (χ3v) is 5.89. The predicted molar refractivity (Wildman–Crippen MR) is 97.4 cm³/mol. The molecule has 3 heterocycles. The first-order valence-corrected chi connectivity index (χ1v) is 9.40. The molecular formula is C19H25N3OS. The quantitative estimate of drug-likeness (QED) is 0.848. The van der Waals surface area contributed by atoms with Crippen LogP contribution in [0.4, 0.5) is 0 Å². The van der Waals surface area contributed by atoms with Crippen LogP contribution in [0.5, 0.6) is 0 Å². The van der Waals surface area contributed by atoms with E-state index in [0.717, 1.165) is 47.9 Å². The number of piperidine rings is 1. The van der Waals surface area contributed by atoms with Gasteiger partial charge in [0.25, 0.3) is 5.91 Å². The van der Waals surface area contributed by atoms with Crippen LogP contribution in [0.15, 0.2) is 30.6 Å². The molecule has 2 aromatic heterocycles. The minimum Gasteiger partial charge on any atom is -0.338 e. The molecule has 0 saturated carbocycles. The molecule has 0 bridgehead atoms. The van der Waals surface area contributed by atoms with Crippen LogP contribution in [0.25, 0.3) is 0 Å². The summed E-state index contributed by atoms with van der Waals surface area (Å²) in [5.74, 6) is 0.759. The standard InChI is InChI=1S/C19H25N3OS/c1-19(2,3)18-21-13-16(24-18)17(23)22-10-7-14(8-11-22)12-15-6-4-5-9-20-15/h4-6,9,13-14H,7-8,10-12H2,1-3H3. The van der Waals surface area contributed by atoms with E-state index in [1.807, 2.05) is 23.2 Å². The number of carbonyl (C=O) groups is 1. The van der Waals surface area contributed by atoms with Gasteiger partial charge in [-0.1, -0.05) is 26.8 Å². The second-order valence-corrected chi connectivity index (χ2v) is 8.57. The number of nitrogens with zero attached hydrogens (tertiary/aromatic N) is 3. The average Bonchev–Trinajstić information content (AvgIpc) is 3.06. The Morgan fingerprint density at radius 3 is 2.58 bits per heavy atom. The lowest BCUT2D eigenvalue weighted by Gasteiger charge is -2.31. The highest BCUT2D eigenvalue weighted by Gasteiger charge is 2.26. The molecule has 1 fully saturated rings. The number of aromatic nitrogens is 2. The largest absolute Gasteiger partial charge is 0.338 e. The normalized spacial score (nSPS) is 16.4. The fraction of sp³-hybridized carbons (Fsp3) is 0.526. The number of pyridine rings is 1. The fourth-order valence-corrected chi connectivity index (χ4v) is 3.97. The Morgan fingerprint density at radius 2 is 2.00 bits per heavy atom. The minimum atomic E-state index is -0.00112. The van der Waals surface area contributed by atoms with Crippen molar-refractivity contribution in [3.63, 3.8) is 0 Å². The third-order valence-electron chi connectivity index (χ3n) is 4.48. The van der Waals surface area contributed by atoms with E-state index in [1.165, 1.54) is 11.3 Å². The first-order chi connectivity index (χ1) is 11.4. The molecule has 1 saturated heterocycles. The van der Waals surface area contributed by atoms with Crippen molar-refractivity contribution in [2.45, 2.75) is 45.4 Å². The van der Waals surface area contributed by atoms with Crippen LogP contribution >= 0.6 is 11.3 Å². The van der Waals surface area contributed by atoms with E-state index in [9.17, 15) is 4.79 Å². The molecule has 24 heavy (non-hydrogen) atoms. The molecule has 0 atom stereocenters. The third kappa shape index (κ3) is 4.01. The van der Waals surface area contributed by atoms with Gasteiger partial charge in [0.1, 0.15) is 4.88 Å². The van der Waals surface area contributed by atoms with Gasteiger partial charge in [-0.15, -0.1) is 11.3 Å². The number of hydrogen-bond donors (Lipinski definition) is 0. The van der Waals surface area contributed by atoms with Gasteiger partial charge < -0.3 is 4.90 Å². The highest BCUT2D eigenvalue weighted by Crippen LogP contribution is 2.28. The van der Waals surface area contributed by atoms with Crippen LogP contribution < -0.4 is 0 Å². The van der Waals surface area contributed by atoms with Gasteiger partial charge in [-0.25, -0.2) is 4.98 Å². The number of hydrogen-bond acceptors (Lipinski definition) is 4. The Kier molecular flexibility index (Phi) is 4.99. The minimum absolute atomic E-state index is 0.00112. The summed E-state index contributed by atoms with van der Waals surface area (Å²) in [4.78, 5) is 24.3. The molecular weight excluding hydrogens is 318 g/mol. The van der Waals surface area contributed by atoms with E-state index in [1.54, 1.807) is 6.20 Å². The highest BCUT2D eigenvalue weighted by molar-refractivity contribution is 7.13. The molecule has 128 valence electrons. The van der Waals surface area contributed by atoms with Gasteiger partial charge in [0.15, 0.2) is 0 Å². The Bertz CT molecular complexity index is 682. The lowest BCUT2D eigenvalue weighted by atomic mass is 9.92. The molecule has 0 N–H and O–H groups in total. The summed E-state index contributed by atoms with van der Waals surface area (Å²) in [5.41, 5.74) is 1.15. The van der Waals surface area contributed by atoms with Crippen molar-refractivity contribution in [1.29, 1.82) is 0 Å². The van der Waals surface area contributed by atoms with Crippen molar-refractivity contribution in [2.24, 2.45) is 5.92 Å². The van der Waals surface area contributed by atoms with Gasteiger partial charge in [0.05, 0.1) is 11.2 Å². The van der Waals surface area contributed by atoms with Crippen LogP contribution in [0.2, 0.25) is 0 Å². The maximum atomic E-state index is 12.7. The van der Waals surface area contributed by atoms with Crippen molar-refractivity contribution in [3.05, 3.63) is 46.2 Å². The first-order valence-electron chi connectivity index (χ1n) is 8.59. The van der Waals surface area contributed by atoms with E-state index in [4.69, 9.17) is 0 Å². The molecule has 3 rings (SSSR count). The van der Waals surface area contributed by atoms with Gasteiger partial charge >= 0.3 is 0 Å². The second-order valence-electron chi connectivity index (χ2n) is 7.54. The summed E-state index contributed by atoms with van der Waals surface area (Å²) < 4.78 is 0. The molecule has 4 nitrogen and oxygen atoms in total. The van der Waals surface area contributed by atoms with Crippen LogP contribution in [0.1, 0.15) is 54.0 Å². The second kappa shape index (κ2) is 7.01. The summed E-state index contributed by atoms with van der Waals surface area (Å²) in [6.45, 7) is 8.05. The molecule has 2 aromatic rings. The number of carbonyl (C=O) groups excluding carboxylic acids is 1. The molecule has 0 spiro atoms. The zero-order chi connectivity index (χ0) is 17.2. The Labute approximate surface area is 147 Å².